The van der Waals surface area contributed by atoms with Gasteiger partial charge < -0.3 is 33.7 Å². The lowest BCUT2D eigenvalue weighted by molar-refractivity contribution is -0.0624. The Kier molecular flexibility index (Phi) is 11.3. The molecule has 5 rings (SSSR count). The molecule has 3 aromatic rings. The molecule has 10 nitrogen and oxygen atoms in total. The van der Waals surface area contributed by atoms with Crippen LogP contribution in [0.5, 0.6) is 11.5 Å². The molecule has 0 atom stereocenters. The number of piperidine rings is 2. The molecule has 0 saturated carbocycles. The second-order valence-corrected chi connectivity index (χ2v) is 12.3. The SMILES string of the molecule is CCCCCCn1cc(-c2cc(OC)c(CCN3CCC(OC4CCN(C(=O)O)CC4)CC3)c(OC)c2)c2ccncc2c1=O. The third-order valence-corrected chi connectivity index (χ3v) is 9.37. The van der Waals surface area contributed by atoms with E-state index in [1.165, 1.54) is 4.90 Å². The van der Waals surface area contributed by atoms with Crippen LogP contribution in [0, 0.1) is 0 Å². The maximum Gasteiger partial charge on any atom is 0.407 e. The molecule has 2 aromatic heterocycles. The van der Waals surface area contributed by atoms with E-state index >= 15 is 0 Å². The van der Waals surface area contributed by atoms with E-state index in [0.29, 0.717) is 25.0 Å². The molecule has 45 heavy (non-hydrogen) atoms. The summed E-state index contributed by atoms with van der Waals surface area (Å²) in [5, 5.41) is 10.7. The molecule has 1 amide bonds. The van der Waals surface area contributed by atoms with Crippen molar-refractivity contribution in [2.75, 3.05) is 46.9 Å². The summed E-state index contributed by atoms with van der Waals surface area (Å²) in [6, 6.07) is 6.04. The van der Waals surface area contributed by atoms with Crippen molar-refractivity contribution in [1.29, 1.82) is 0 Å². The summed E-state index contributed by atoms with van der Waals surface area (Å²) in [5.41, 5.74) is 2.93. The number of fused-ring (bicyclic) bond motifs is 1. The highest BCUT2D eigenvalue weighted by Crippen LogP contribution is 2.37. The van der Waals surface area contributed by atoms with E-state index in [4.69, 9.17) is 14.2 Å². The summed E-state index contributed by atoms with van der Waals surface area (Å²) in [4.78, 5) is 32.7. The molecule has 0 unspecified atom stereocenters. The minimum atomic E-state index is -0.838. The summed E-state index contributed by atoms with van der Waals surface area (Å²) in [6.07, 6.45) is 13.6. The highest BCUT2D eigenvalue weighted by atomic mass is 16.5. The predicted octanol–water partition coefficient (Wildman–Crippen LogP) is 5.83. The zero-order valence-corrected chi connectivity index (χ0v) is 27.0. The van der Waals surface area contributed by atoms with Crippen molar-refractivity contribution in [2.24, 2.45) is 0 Å². The molecule has 0 spiro atoms. The maximum absolute atomic E-state index is 13.3. The largest absolute Gasteiger partial charge is 0.496 e. The average molecular weight is 621 g/mol. The van der Waals surface area contributed by atoms with Crippen LogP contribution in [0.25, 0.3) is 21.9 Å². The van der Waals surface area contributed by atoms with Gasteiger partial charge in [0.1, 0.15) is 11.5 Å². The van der Waals surface area contributed by atoms with Crippen LogP contribution < -0.4 is 15.0 Å². The molecule has 4 heterocycles. The van der Waals surface area contributed by atoms with Crippen LogP contribution in [-0.4, -0.2) is 89.7 Å². The number of methoxy groups -OCH3 is 2. The quantitative estimate of drug-likeness (QED) is 0.238. The first-order chi connectivity index (χ1) is 21.9. The van der Waals surface area contributed by atoms with Crippen molar-refractivity contribution in [3.05, 3.63) is 52.7 Å². The molecule has 10 heteroatoms. The molecule has 0 bridgehead atoms. The van der Waals surface area contributed by atoms with Crippen molar-refractivity contribution < 1.29 is 24.1 Å². The molecule has 0 radical (unpaired) electrons. The maximum atomic E-state index is 13.3. The minimum Gasteiger partial charge on any atom is -0.496 e. The Morgan fingerprint density at radius 1 is 0.933 bits per heavy atom. The summed E-state index contributed by atoms with van der Waals surface area (Å²) in [5.74, 6) is 1.55. The zero-order valence-electron chi connectivity index (χ0n) is 27.0. The lowest BCUT2D eigenvalue weighted by atomic mass is 9.97. The van der Waals surface area contributed by atoms with Crippen molar-refractivity contribution in [2.45, 2.75) is 83.5 Å². The summed E-state index contributed by atoms with van der Waals surface area (Å²) in [7, 11) is 3.39. The number of aryl methyl sites for hydroxylation is 1. The fourth-order valence-corrected chi connectivity index (χ4v) is 6.72. The van der Waals surface area contributed by atoms with E-state index in [-0.39, 0.29) is 17.8 Å². The topological polar surface area (TPSA) is 106 Å². The number of carbonyl (C=O) groups is 1. The van der Waals surface area contributed by atoms with Gasteiger partial charge in [-0.1, -0.05) is 26.2 Å². The fourth-order valence-electron chi connectivity index (χ4n) is 6.72. The van der Waals surface area contributed by atoms with Gasteiger partial charge in [-0.25, -0.2) is 4.79 Å². The molecule has 0 aliphatic carbocycles. The van der Waals surface area contributed by atoms with Gasteiger partial charge in [-0.05, 0) is 67.7 Å². The number of ether oxygens (including phenoxy) is 3. The highest BCUT2D eigenvalue weighted by Gasteiger charge is 2.27. The van der Waals surface area contributed by atoms with Gasteiger partial charge in [0, 0.05) is 69.0 Å². The molecule has 2 fully saturated rings. The summed E-state index contributed by atoms with van der Waals surface area (Å²) in [6.45, 7) is 6.77. The Bertz CT molecular complexity index is 1470. The second-order valence-electron chi connectivity index (χ2n) is 12.3. The van der Waals surface area contributed by atoms with Gasteiger partial charge in [0.15, 0.2) is 0 Å². The number of hydrogen-bond donors (Lipinski definition) is 1. The van der Waals surface area contributed by atoms with E-state index in [2.05, 4.69) is 28.9 Å². The fraction of sp³-hybridized carbons (Fsp3) is 0.571. The van der Waals surface area contributed by atoms with E-state index < -0.39 is 6.09 Å². The van der Waals surface area contributed by atoms with Crippen molar-refractivity contribution >= 4 is 16.9 Å². The molecule has 2 aliphatic heterocycles. The van der Waals surface area contributed by atoms with Crippen LogP contribution in [0.15, 0.2) is 41.6 Å². The van der Waals surface area contributed by atoms with Gasteiger partial charge in [0.25, 0.3) is 5.56 Å². The molecular formula is C35H48N4O6. The van der Waals surface area contributed by atoms with Gasteiger partial charge in [0.05, 0.1) is 31.8 Å². The van der Waals surface area contributed by atoms with E-state index in [9.17, 15) is 14.7 Å². The Morgan fingerprint density at radius 3 is 2.22 bits per heavy atom. The molecule has 1 aromatic carbocycles. The lowest BCUT2D eigenvalue weighted by Crippen LogP contribution is -2.43. The zero-order chi connectivity index (χ0) is 31.8. The second kappa shape index (κ2) is 15.6. The third kappa shape index (κ3) is 7.97. The summed E-state index contributed by atoms with van der Waals surface area (Å²) >= 11 is 0. The lowest BCUT2D eigenvalue weighted by Gasteiger charge is -2.36. The van der Waals surface area contributed by atoms with E-state index in [1.807, 2.05) is 16.8 Å². The van der Waals surface area contributed by atoms with Gasteiger partial charge in [0.2, 0.25) is 0 Å². The first kappa shape index (κ1) is 32.8. The van der Waals surface area contributed by atoms with E-state index in [0.717, 1.165) is 111 Å². The first-order valence-corrected chi connectivity index (χ1v) is 16.5. The van der Waals surface area contributed by atoms with Crippen LogP contribution >= 0.6 is 0 Å². The highest BCUT2D eigenvalue weighted by molar-refractivity contribution is 5.95. The number of carboxylic acid groups (broad SMARTS) is 1. The third-order valence-electron chi connectivity index (χ3n) is 9.37. The number of rotatable bonds is 13. The Morgan fingerprint density at radius 2 is 1.60 bits per heavy atom. The number of benzene rings is 1. The number of aromatic nitrogens is 2. The van der Waals surface area contributed by atoms with Gasteiger partial charge in [-0.15, -0.1) is 0 Å². The van der Waals surface area contributed by atoms with Crippen molar-refractivity contribution in [3.8, 4) is 22.6 Å². The number of unbranched alkanes of at least 4 members (excludes halogenated alkanes) is 3. The molecular weight excluding hydrogens is 572 g/mol. The normalized spacial score (nSPS) is 16.7. The summed E-state index contributed by atoms with van der Waals surface area (Å²) < 4.78 is 20.1. The van der Waals surface area contributed by atoms with Gasteiger partial charge in [-0.3, -0.25) is 9.78 Å². The van der Waals surface area contributed by atoms with Crippen LogP contribution in [0.1, 0.15) is 63.9 Å². The molecule has 244 valence electrons. The standard InChI is InChI=1S/C35H48N4O6/c1-4-5-6-7-15-39-24-31(28-8-14-36-23-30(28)34(39)40)25-21-32(43-2)29(33(22-25)44-3)13-18-37-16-9-26(10-17-37)45-27-11-19-38(20-12-27)35(41)42/h8,14,21-24,26-27H,4-7,9-13,15-20H2,1-3H3,(H,41,42). The monoisotopic (exact) mass is 620 g/mol. The van der Waals surface area contributed by atoms with Gasteiger partial charge in [-0.2, -0.15) is 0 Å². The number of likely N-dealkylation sites (tertiary alicyclic amines) is 2. The smallest absolute Gasteiger partial charge is 0.407 e. The predicted molar refractivity (Wildman–Crippen MR) is 176 cm³/mol. The van der Waals surface area contributed by atoms with Crippen molar-refractivity contribution in [1.82, 2.24) is 19.4 Å². The number of nitrogens with zero attached hydrogens (tertiary/aromatic N) is 4. The molecule has 2 saturated heterocycles. The number of hydrogen-bond acceptors (Lipinski definition) is 7. The Balaban J connectivity index is 1.27. The Labute approximate surface area is 265 Å². The first-order valence-electron chi connectivity index (χ1n) is 16.5. The molecule has 1 N–H and O–H groups in total. The Hall–Kier alpha value is -3.63. The number of pyridine rings is 2. The van der Waals surface area contributed by atoms with Crippen LogP contribution in [0.3, 0.4) is 0 Å². The van der Waals surface area contributed by atoms with Crippen LogP contribution in [0.4, 0.5) is 4.79 Å². The number of amides is 1. The van der Waals surface area contributed by atoms with E-state index in [1.54, 1.807) is 26.6 Å². The average Bonchev–Trinajstić information content (AvgIpc) is 3.07. The minimum absolute atomic E-state index is 0.00774. The van der Waals surface area contributed by atoms with Crippen molar-refractivity contribution in [3.63, 3.8) is 0 Å². The van der Waals surface area contributed by atoms with Crippen LogP contribution in [-0.2, 0) is 17.7 Å². The van der Waals surface area contributed by atoms with Crippen LogP contribution in [0.2, 0.25) is 0 Å². The molecule has 2 aliphatic rings. The van der Waals surface area contributed by atoms with Gasteiger partial charge >= 0.3 is 6.09 Å².